The molecule has 1 aliphatic rings. The van der Waals surface area contributed by atoms with Crippen molar-refractivity contribution in [2.24, 2.45) is 0 Å². The second kappa shape index (κ2) is 9.35. The monoisotopic (exact) mass is 408 g/mol. The Morgan fingerprint density at radius 3 is 2.72 bits per heavy atom. The van der Waals surface area contributed by atoms with E-state index in [0.29, 0.717) is 5.69 Å². The molecule has 1 aromatic carbocycles. The zero-order valence-corrected chi connectivity index (χ0v) is 15.9. The van der Waals surface area contributed by atoms with Crippen LogP contribution in [-0.2, 0) is 11.3 Å². The number of anilines is 1. The van der Waals surface area contributed by atoms with E-state index in [1.54, 1.807) is 0 Å². The van der Waals surface area contributed by atoms with E-state index in [-0.39, 0.29) is 35.6 Å². The van der Waals surface area contributed by atoms with Gasteiger partial charge in [-0.05, 0) is 31.0 Å². The molecule has 2 aromatic rings. The van der Waals surface area contributed by atoms with Crippen LogP contribution in [0.5, 0.6) is 11.5 Å². The van der Waals surface area contributed by atoms with Crippen LogP contribution in [0.25, 0.3) is 0 Å². The van der Waals surface area contributed by atoms with Gasteiger partial charge < -0.3 is 20.1 Å². The third-order valence-electron chi connectivity index (χ3n) is 4.56. The Kier molecular flexibility index (Phi) is 6.63. The maximum atomic E-state index is 12.4. The second-order valence-electron chi connectivity index (χ2n) is 6.67. The molecule has 0 aliphatic heterocycles. The number of nitrogens with zero attached hydrogens (tertiary/aromatic N) is 2. The molecule has 10 heteroatoms. The van der Waals surface area contributed by atoms with Gasteiger partial charge in [-0.25, -0.2) is 0 Å². The molecule has 1 fully saturated rings. The number of methoxy groups -OCH3 is 1. The van der Waals surface area contributed by atoms with Crippen LogP contribution in [0.15, 0.2) is 30.6 Å². The summed E-state index contributed by atoms with van der Waals surface area (Å²) in [6.45, 7) is -2.94. The molecule has 8 nitrogen and oxygen atoms in total. The predicted octanol–water partition coefficient (Wildman–Crippen LogP) is 2.80. The maximum Gasteiger partial charge on any atom is 0.387 e. The van der Waals surface area contributed by atoms with Gasteiger partial charge in [-0.15, -0.1) is 0 Å². The Hall–Kier alpha value is -3.17. The van der Waals surface area contributed by atoms with E-state index in [0.717, 1.165) is 25.7 Å². The Morgan fingerprint density at radius 1 is 1.28 bits per heavy atom. The van der Waals surface area contributed by atoms with Gasteiger partial charge in [0.05, 0.1) is 19.0 Å². The first-order valence-electron chi connectivity index (χ1n) is 9.20. The van der Waals surface area contributed by atoms with Crippen LogP contribution in [0.1, 0.15) is 36.0 Å². The van der Waals surface area contributed by atoms with Gasteiger partial charge >= 0.3 is 6.61 Å². The number of benzene rings is 1. The zero-order valence-electron chi connectivity index (χ0n) is 15.9. The van der Waals surface area contributed by atoms with Crippen molar-refractivity contribution in [3.05, 3.63) is 36.2 Å². The first-order chi connectivity index (χ1) is 13.9. The van der Waals surface area contributed by atoms with Crippen molar-refractivity contribution in [1.82, 2.24) is 15.1 Å². The Balaban J connectivity index is 1.58. The van der Waals surface area contributed by atoms with Gasteiger partial charge in [0.2, 0.25) is 5.91 Å². The van der Waals surface area contributed by atoms with E-state index in [9.17, 15) is 18.4 Å². The lowest BCUT2D eigenvalue weighted by atomic mass is 10.2. The minimum atomic E-state index is -3.00. The largest absolute Gasteiger partial charge is 0.493 e. The maximum absolute atomic E-state index is 12.4. The normalized spacial score (nSPS) is 14.1. The summed E-state index contributed by atoms with van der Waals surface area (Å²) in [5.41, 5.74) is 0.589. The topological polar surface area (TPSA) is 94.5 Å². The number of carbonyl (C=O) groups is 2. The molecule has 0 saturated heterocycles. The third kappa shape index (κ3) is 5.66. The molecule has 3 rings (SSSR count). The lowest BCUT2D eigenvalue weighted by Crippen LogP contribution is -2.35. The number of rotatable bonds is 8. The van der Waals surface area contributed by atoms with E-state index in [2.05, 4.69) is 20.5 Å². The molecule has 1 aliphatic carbocycles. The van der Waals surface area contributed by atoms with Gasteiger partial charge in [-0.1, -0.05) is 12.8 Å². The molecular weight excluding hydrogens is 386 g/mol. The molecule has 1 saturated carbocycles. The van der Waals surface area contributed by atoms with Crippen LogP contribution in [0.3, 0.4) is 0 Å². The fourth-order valence-electron chi connectivity index (χ4n) is 3.21. The standard InChI is InChI=1S/C19H22F2N4O4/c1-28-16-8-12(6-7-15(16)29-19(20)21)18(27)24-14-9-22-25(10-14)11-17(26)23-13-4-2-3-5-13/h6-10,13,19H,2-5,11H2,1H3,(H,23,26)(H,24,27). The number of nitrogens with one attached hydrogen (secondary N) is 2. The summed E-state index contributed by atoms with van der Waals surface area (Å²) in [6.07, 6.45) is 7.21. The van der Waals surface area contributed by atoms with Crippen molar-refractivity contribution >= 4 is 17.5 Å². The number of amides is 2. The molecule has 29 heavy (non-hydrogen) atoms. The van der Waals surface area contributed by atoms with Crippen LogP contribution < -0.4 is 20.1 Å². The fourth-order valence-corrected chi connectivity index (χ4v) is 3.21. The number of halogens is 2. The van der Waals surface area contributed by atoms with Crippen LogP contribution in [0.2, 0.25) is 0 Å². The van der Waals surface area contributed by atoms with Crippen LogP contribution in [-0.4, -0.2) is 41.4 Å². The summed E-state index contributed by atoms with van der Waals surface area (Å²) in [5, 5.41) is 9.68. The molecule has 0 spiro atoms. The van der Waals surface area contributed by atoms with E-state index in [1.807, 2.05) is 0 Å². The summed E-state index contributed by atoms with van der Waals surface area (Å²) < 4.78 is 35.5. The molecule has 0 radical (unpaired) electrons. The van der Waals surface area contributed by atoms with Gasteiger partial charge in [-0.3, -0.25) is 14.3 Å². The van der Waals surface area contributed by atoms with Crippen molar-refractivity contribution in [2.75, 3.05) is 12.4 Å². The fraction of sp³-hybridized carbons (Fsp3) is 0.421. The van der Waals surface area contributed by atoms with E-state index in [4.69, 9.17) is 4.74 Å². The molecule has 1 aromatic heterocycles. The van der Waals surface area contributed by atoms with Crippen molar-refractivity contribution < 1.29 is 27.8 Å². The first kappa shape index (κ1) is 20.6. The van der Waals surface area contributed by atoms with Crippen molar-refractivity contribution in [3.8, 4) is 11.5 Å². The van der Waals surface area contributed by atoms with Crippen LogP contribution in [0, 0.1) is 0 Å². The molecule has 0 atom stereocenters. The molecule has 156 valence electrons. The lowest BCUT2D eigenvalue weighted by Gasteiger charge is -2.11. The predicted molar refractivity (Wildman–Crippen MR) is 100 cm³/mol. The number of hydrogen-bond acceptors (Lipinski definition) is 5. The first-order valence-corrected chi connectivity index (χ1v) is 9.20. The van der Waals surface area contributed by atoms with Crippen molar-refractivity contribution in [2.45, 2.75) is 44.9 Å². The SMILES string of the molecule is COc1cc(C(=O)Nc2cnn(CC(=O)NC3CCCC3)c2)ccc1OC(F)F. The van der Waals surface area contributed by atoms with E-state index >= 15 is 0 Å². The molecule has 0 bridgehead atoms. The number of ether oxygens (including phenoxy) is 2. The zero-order chi connectivity index (χ0) is 20.8. The molecule has 2 N–H and O–H groups in total. The Bertz CT molecular complexity index is 866. The summed E-state index contributed by atoms with van der Waals surface area (Å²) in [6, 6.07) is 4.10. The van der Waals surface area contributed by atoms with Gasteiger partial charge in [0.15, 0.2) is 11.5 Å². The van der Waals surface area contributed by atoms with E-state index < -0.39 is 12.5 Å². The van der Waals surface area contributed by atoms with Crippen LogP contribution in [0.4, 0.5) is 14.5 Å². The van der Waals surface area contributed by atoms with E-state index in [1.165, 1.54) is 42.4 Å². The second-order valence-corrected chi connectivity index (χ2v) is 6.67. The van der Waals surface area contributed by atoms with Gasteiger partial charge in [-0.2, -0.15) is 13.9 Å². The number of hydrogen-bond donors (Lipinski definition) is 2. The molecule has 0 unspecified atom stereocenters. The molecule has 1 heterocycles. The summed E-state index contributed by atoms with van der Waals surface area (Å²) in [4.78, 5) is 24.5. The minimum Gasteiger partial charge on any atom is -0.493 e. The Morgan fingerprint density at radius 2 is 2.03 bits per heavy atom. The average Bonchev–Trinajstić information content (AvgIpc) is 3.33. The van der Waals surface area contributed by atoms with Crippen molar-refractivity contribution in [3.63, 3.8) is 0 Å². The number of alkyl halides is 2. The summed E-state index contributed by atoms with van der Waals surface area (Å²) in [5.74, 6) is -0.767. The smallest absolute Gasteiger partial charge is 0.387 e. The van der Waals surface area contributed by atoms with Gasteiger partial charge in [0.25, 0.3) is 5.91 Å². The highest BCUT2D eigenvalue weighted by atomic mass is 19.3. The minimum absolute atomic E-state index is 0.0113. The quantitative estimate of drug-likeness (QED) is 0.701. The highest BCUT2D eigenvalue weighted by molar-refractivity contribution is 6.04. The van der Waals surface area contributed by atoms with Crippen LogP contribution >= 0.6 is 0 Å². The average molecular weight is 408 g/mol. The highest BCUT2D eigenvalue weighted by Crippen LogP contribution is 2.29. The third-order valence-corrected chi connectivity index (χ3v) is 4.56. The highest BCUT2D eigenvalue weighted by Gasteiger charge is 2.18. The molecule has 2 amide bonds. The summed E-state index contributed by atoms with van der Waals surface area (Å²) in [7, 11) is 1.29. The van der Waals surface area contributed by atoms with Crippen molar-refractivity contribution in [1.29, 1.82) is 0 Å². The number of carbonyl (C=O) groups excluding carboxylic acids is 2. The molecular formula is C19H22F2N4O4. The Labute approximate surface area is 166 Å². The van der Waals surface area contributed by atoms with Gasteiger partial charge in [0.1, 0.15) is 6.54 Å². The van der Waals surface area contributed by atoms with Gasteiger partial charge in [0, 0.05) is 17.8 Å². The lowest BCUT2D eigenvalue weighted by molar-refractivity contribution is -0.122. The number of aromatic nitrogens is 2. The summed E-state index contributed by atoms with van der Waals surface area (Å²) >= 11 is 0.